The standard InChI is InChI=1S/C15H29N/c1-12(2)10-16-11-14(4)9-15-7-5-6-13(3)8-15/h9,12-13,15-16H,5-8,10-11H2,1-4H3. The third-order valence-electron chi connectivity index (χ3n) is 3.45. The molecular weight excluding hydrogens is 194 g/mol. The minimum absolute atomic E-state index is 0.752. The van der Waals surface area contributed by atoms with Crippen molar-refractivity contribution in [3.63, 3.8) is 0 Å². The molecule has 0 aliphatic heterocycles. The Morgan fingerprint density at radius 2 is 2.12 bits per heavy atom. The molecule has 1 N–H and O–H groups in total. The van der Waals surface area contributed by atoms with Crippen LogP contribution < -0.4 is 5.32 Å². The van der Waals surface area contributed by atoms with Gasteiger partial charge in [0.1, 0.15) is 0 Å². The summed E-state index contributed by atoms with van der Waals surface area (Å²) in [4.78, 5) is 0. The van der Waals surface area contributed by atoms with E-state index in [1.54, 1.807) is 0 Å². The van der Waals surface area contributed by atoms with E-state index in [0.29, 0.717) is 0 Å². The Morgan fingerprint density at radius 3 is 2.75 bits per heavy atom. The normalized spacial score (nSPS) is 27.4. The van der Waals surface area contributed by atoms with Gasteiger partial charge in [0, 0.05) is 6.54 Å². The number of rotatable bonds is 5. The van der Waals surface area contributed by atoms with Gasteiger partial charge in [0.2, 0.25) is 0 Å². The summed E-state index contributed by atoms with van der Waals surface area (Å²) in [6.07, 6.45) is 8.19. The van der Waals surface area contributed by atoms with Crippen molar-refractivity contribution in [3.8, 4) is 0 Å². The van der Waals surface area contributed by atoms with Crippen molar-refractivity contribution in [2.24, 2.45) is 17.8 Å². The third kappa shape index (κ3) is 5.69. The van der Waals surface area contributed by atoms with Gasteiger partial charge >= 0.3 is 0 Å². The van der Waals surface area contributed by atoms with E-state index in [1.165, 1.54) is 31.3 Å². The predicted octanol–water partition coefficient (Wildman–Crippen LogP) is 4.00. The molecular formula is C15H29N. The Hall–Kier alpha value is -0.300. The summed E-state index contributed by atoms with van der Waals surface area (Å²) in [5.74, 6) is 2.54. The molecule has 1 nitrogen and oxygen atoms in total. The molecule has 1 aliphatic carbocycles. The second kappa shape index (κ2) is 7.11. The lowest BCUT2D eigenvalue weighted by Crippen LogP contribution is -2.22. The predicted molar refractivity (Wildman–Crippen MR) is 72.6 cm³/mol. The summed E-state index contributed by atoms with van der Waals surface area (Å²) >= 11 is 0. The topological polar surface area (TPSA) is 12.0 Å². The van der Waals surface area contributed by atoms with Gasteiger partial charge in [0.05, 0.1) is 0 Å². The Bertz CT molecular complexity index is 217. The van der Waals surface area contributed by atoms with Crippen molar-refractivity contribution in [1.29, 1.82) is 0 Å². The smallest absolute Gasteiger partial charge is 0.0162 e. The van der Waals surface area contributed by atoms with Crippen molar-refractivity contribution in [2.45, 2.75) is 53.4 Å². The molecule has 1 aliphatic rings. The molecule has 0 aromatic rings. The van der Waals surface area contributed by atoms with Crippen LogP contribution in [-0.4, -0.2) is 13.1 Å². The highest BCUT2D eigenvalue weighted by molar-refractivity contribution is 5.04. The zero-order chi connectivity index (χ0) is 12.0. The van der Waals surface area contributed by atoms with Crippen LogP contribution in [-0.2, 0) is 0 Å². The maximum Gasteiger partial charge on any atom is 0.0162 e. The Labute approximate surface area is 102 Å². The van der Waals surface area contributed by atoms with E-state index in [0.717, 1.165) is 30.8 Å². The second-order valence-corrected chi connectivity index (χ2v) is 6.07. The quantitative estimate of drug-likeness (QED) is 0.695. The van der Waals surface area contributed by atoms with E-state index in [2.05, 4.69) is 39.1 Å². The number of hydrogen-bond acceptors (Lipinski definition) is 1. The van der Waals surface area contributed by atoms with Gasteiger partial charge in [-0.15, -0.1) is 0 Å². The van der Waals surface area contributed by atoms with Gasteiger partial charge in [-0.3, -0.25) is 0 Å². The largest absolute Gasteiger partial charge is 0.313 e. The maximum atomic E-state index is 3.52. The van der Waals surface area contributed by atoms with Crippen molar-refractivity contribution in [2.75, 3.05) is 13.1 Å². The van der Waals surface area contributed by atoms with Gasteiger partial charge in [-0.1, -0.05) is 45.3 Å². The van der Waals surface area contributed by atoms with Gasteiger partial charge in [-0.05, 0) is 44.1 Å². The van der Waals surface area contributed by atoms with Crippen LogP contribution >= 0.6 is 0 Å². The van der Waals surface area contributed by atoms with Crippen LogP contribution in [0.3, 0.4) is 0 Å². The highest BCUT2D eigenvalue weighted by Gasteiger charge is 2.16. The molecule has 1 heteroatoms. The third-order valence-corrected chi connectivity index (χ3v) is 3.45. The van der Waals surface area contributed by atoms with Crippen molar-refractivity contribution in [3.05, 3.63) is 11.6 Å². The first kappa shape index (κ1) is 13.8. The van der Waals surface area contributed by atoms with Crippen LogP contribution in [0, 0.1) is 17.8 Å². The monoisotopic (exact) mass is 223 g/mol. The van der Waals surface area contributed by atoms with Crippen LogP contribution in [0.4, 0.5) is 0 Å². The first-order valence-corrected chi connectivity index (χ1v) is 6.96. The highest BCUT2D eigenvalue weighted by Crippen LogP contribution is 2.29. The zero-order valence-electron chi connectivity index (χ0n) is 11.6. The molecule has 0 aromatic carbocycles. The molecule has 2 atom stereocenters. The fraction of sp³-hybridized carbons (Fsp3) is 0.867. The van der Waals surface area contributed by atoms with Crippen LogP contribution in [0.25, 0.3) is 0 Å². The SMILES string of the molecule is CC(=CC1CCCC(C)C1)CNCC(C)C. The minimum Gasteiger partial charge on any atom is -0.313 e. The first-order chi connectivity index (χ1) is 7.58. The molecule has 0 radical (unpaired) electrons. The van der Waals surface area contributed by atoms with Gasteiger partial charge < -0.3 is 5.32 Å². The lowest BCUT2D eigenvalue weighted by molar-refractivity contribution is 0.324. The molecule has 0 spiro atoms. The number of nitrogens with one attached hydrogen (secondary N) is 1. The summed E-state index contributed by atoms with van der Waals surface area (Å²) in [6.45, 7) is 11.4. The fourth-order valence-corrected chi connectivity index (χ4v) is 2.65. The van der Waals surface area contributed by atoms with Crippen LogP contribution in [0.2, 0.25) is 0 Å². The molecule has 1 rings (SSSR count). The lowest BCUT2D eigenvalue weighted by atomic mass is 9.82. The molecule has 0 heterocycles. The second-order valence-electron chi connectivity index (χ2n) is 6.07. The summed E-state index contributed by atoms with van der Waals surface area (Å²) in [7, 11) is 0. The lowest BCUT2D eigenvalue weighted by Gasteiger charge is -2.25. The Kier molecular flexibility index (Phi) is 6.12. The van der Waals surface area contributed by atoms with Gasteiger partial charge in [0.25, 0.3) is 0 Å². The molecule has 94 valence electrons. The van der Waals surface area contributed by atoms with E-state index < -0.39 is 0 Å². The molecule has 16 heavy (non-hydrogen) atoms. The zero-order valence-corrected chi connectivity index (χ0v) is 11.6. The van der Waals surface area contributed by atoms with E-state index in [1.807, 2.05) is 0 Å². The van der Waals surface area contributed by atoms with Crippen LogP contribution in [0.15, 0.2) is 11.6 Å². The number of hydrogen-bond donors (Lipinski definition) is 1. The van der Waals surface area contributed by atoms with Gasteiger partial charge in [-0.25, -0.2) is 0 Å². The molecule has 0 bridgehead atoms. The molecule has 0 saturated heterocycles. The Morgan fingerprint density at radius 1 is 1.38 bits per heavy atom. The average molecular weight is 223 g/mol. The molecule has 0 amide bonds. The van der Waals surface area contributed by atoms with E-state index in [4.69, 9.17) is 0 Å². The van der Waals surface area contributed by atoms with Gasteiger partial charge in [-0.2, -0.15) is 0 Å². The summed E-state index contributed by atoms with van der Waals surface area (Å²) in [5.41, 5.74) is 1.53. The molecule has 1 saturated carbocycles. The van der Waals surface area contributed by atoms with E-state index in [9.17, 15) is 0 Å². The summed E-state index contributed by atoms with van der Waals surface area (Å²) in [5, 5.41) is 3.52. The molecule has 2 unspecified atom stereocenters. The maximum absolute atomic E-state index is 3.52. The van der Waals surface area contributed by atoms with E-state index >= 15 is 0 Å². The van der Waals surface area contributed by atoms with Gasteiger partial charge in [0.15, 0.2) is 0 Å². The van der Waals surface area contributed by atoms with Crippen molar-refractivity contribution >= 4 is 0 Å². The van der Waals surface area contributed by atoms with E-state index in [-0.39, 0.29) is 0 Å². The highest BCUT2D eigenvalue weighted by atomic mass is 14.8. The molecule has 1 fully saturated rings. The van der Waals surface area contributed by atoms with Crippen LogP contribution in [0.5, 0.6) is 0 Å². The van der Waals surface area contributed by atoms with Crippen LogP contribution in [0.1, 0.15) is 53.4 Å². The summed E-state index contributed by atoms with van der Waals surface area (Å²) in [6, 6.07) is 0. The molecule has 0 aromatic heterocycles. The van der Waals surface area contributed by atoms with Crippen molar-refractivity contribution < 1.29 is 0 Å². The Balaban J connectivity index is 2.25. The fourth-order valence-electron chi connectivity index (χ4n) is 2.65. The number of allylic oxidation sites excluding steroid dienone is 1. The first-order valence-electron chi connectivity index (χ1n) is 6.96. The average Bonchev–Trinajstić information content (AvgIpc) is 2.16. The minimum atomic E-state index is 0.752. The van der Waals surface area contributed by atoms with Crippen molar-refractivity contribution in [1.82, 2.24) is 5.32 Å². The summed E-state index contributed by atoms with van der Waals surface area (Å²) < 4.78 is 0.